The second kappa shape index (κ2) is 4.58. The Hall–Kier alpha value is -1.60. The lowest BCUT2D eigenvalue weighted by atomic mass is 10.1. The van der Waals surface area contributed by atoms with Crippen LogP contribution >= 0.6 is 11.6 Å². The molecule has 0 N–H and O–H groups in total. The van der Waals surface area contributed by atoms with Crippen LogP contribution in [0.5, 0.6) is 0 Å². The van der Waals surface area contributed by atoms with Gasteiger partial charge in [0.1, 0.15) is 11.2 Å². The van der Waals surface area contributed by atoms with Gasteiger partial charge >= 0.3 is 0 Å². The van der Waals surface area contributed by atoms with E-state index in [-0.39, 0.29) is 12.5 Å². The summed E-state index contributed by atoms with van der Waals surface area (Å²) in [6, 6.07) is 6.26. The molecular weight excluding hydrogens is 255 g/mol. The van der Waals surface area contributed by atoms with Gasteiger partial charge in [-0.1, -0.05) is 11.6 Å². The number of carbonyl (C=O) groups excluding carboxylic acids is 1. The van der Waals surface area contributed by atoms with E-state index in [1.54, 1.807) is 7.05 Å². The zero-order valence-corrected chi connectivity index (χ0v) is 10.7. The van der Waals surface area contributed by atoms with Crippen molar-refractivity contribution in [2.45, 2.75) is 19.4 Å². The van der Waals surface area contributed by atoms with Crippen LogP contribution in [0.4, 0.5) is 4.39 Å². The molecule has 5 heteroatoms. The molecule has 2 rings (SSSR count). The van der Waals surface area contributed by atoms with Gasteiger partial charge in [0.05, 0.1) is 6.07 Å². The quantitative estimate of drug-likeness (QED) is 0.844. The smallest absolute Gasteiger partial charge is 0.243 e. The second-order valence-electron chi connectivity index (χ2n) is 4.59. The summed E-state index contributed by atoms with van der Waals surface area (Å²) in [6.07, 6.45) is 1.18. The Morgan fingerprint density at radius 1 is 1.61 bits per heavy atom. The van der Waals surface area contributed by atoms with Crippen LogP contribution in [0, 0.1) is 22.6 Å². The van der Waals surface area contributed by atoms with Crippen molar-refractivity contribution in [1.82, 2.24) is 4.90 Å². The van der Waals surface area contributed by atoms with Gasteiger partial charge in [0.2, 0.25) is 5.91 Å². The zero-order chi connectivity index (χ0) is 13.3. The summed E-state index contributed by atoms with van der Waals surface area (Å²) >= 11 is 5.79. The summed E-state index contributed by atoms with van der Waals surface area (Å²) in [4.78, 5) is 13.4. The maximum Gasteiger partial charge on any atom is 0.243 e. The summed E-state index contributed by atoms with van der Waals surface area (Å²) in [5.41, 5.74) is -0.517. The minimum absolute atomic E-state index is 0.120. The summed E-state index contributed by atoms with van der Waals surface area (Å²) in [7, 11) is 1.57. The van der Waals surface area contributed by atoms with Crippen molar-refractivity contribution >= 4 is 17.5 Å². The molecule has 3 nitrogen and oxygen atoms in total. The predicted molar refractivity (Wildman–Crippen MR) is 65.2 cm³/mol. The van der Waals surface area contributed by atoms with E-state index in [2.05, 4.69) is 0 Å². The highest BCUT2D eigenvalue weighted by Gasteiger charge is 2.51. The van der Waals surface area contributed by atoms with Crippen molar-refractivity contribution in [2.75, 3.05) is 7.05 Å². The van der Waals surface area contributed by atoms with Crippen LogP contribution in [0.3, 0.4) is 0 Å². The van der Waals surface area contributed by atoms with Gasteiger partial charge in [-0.05, 0) is 31.0 Å². The molecule has 94 valence electrons. The van der Waals surface area contributed by atoms with Crippen molar-refractivity contribution in [2.24, 2.45) is 5.41 Å². The number of rotatable bonds is 3. The molecule has 0 bridgehead atoms. The summed E-state index contributed by atoms with van der Waals surface area (Å²) in [5, 5.41) is 9.37. The van der Waals surface area contributed by atoms with Crippen LogP contribution in [-0.4, -0.2) is 17.9 Å². The van der Waals surface area contributed by atoms with Gasteiger partial charge in [0.25, 0.3) is 0 Å². The minimum Gasteiger partial charge on any atom is -0.340 e. The van der Waals surface area contributed by atoms with Gasteiger partial charge in [-0.15, -0.1) is 0 Å². The van der Waals surface area contributed by atoms with Crippen molar-refractivity contribution in [1.29, 1.82) is 5.26 Å². The summed E-state index contributed by atoms with van der Waals surface area (Å²) in [6.45, 7) is 0.120. The van der Waals surface area contributed by atoms with E-state index in [4.69, 9.17) is 16.9 Å². The largest absolute Gasteiger partial charge is 0.340 e. The fraction of sp³-hybridized carbons (Fsp3) is 0.385. The Kier molecular flexibility index (Phi) is 3.27. The predicted octanol–water partition coefficient (Wildman–Crippen LogP) is 2.74. The first kappa shape index (κ1) is 12.8. The normalized spacial score (nSPS) is 15.9. The van der Waals surface area contributed by atoms with E-state index in [9.17, 15) is 9.18 Å². The van der Waals surface area contributed by atoms with E-state index in [0.717, 1.165) is 0 Å². The van der Waals surface area contributed by atoms with Crippen LogP contribution in [0.1, 0.15) is 18.4 Å². The molecule has 1 amide bonds. The lowest BCUT2D eigenvalue weighted by molar-refractivity contribution is -0.134. The molecule has 1 aliphatic carbocycles. The standard InChI is InChI=1S/C13H12ClFN2O/c1-17(12(18)13(8-16)4-5-13)7-9-6-10(14)2-3-11(9)15/h2-3,6H,4-5,7H2,1H3. The average molecular weight is 267 g/mol. The molecular formula is C13H12ClFN2O. The molecule has 1 fully saturated rings. The van der Waals surface area contributed by atoms with Crippen LogP contribution in [-0.2, 0) is 11.3 Å². The van der Waals surface area contributed by atoms with Crippen molar-refractivity contribution in [3.63, 3.8) is 0 Å². The summed E-state index contributed by atoms with van der Waals surface area (Å²) in [5.74, 6) is -0.648. The Labute approximate surface area is 110 Å². The molecule has 0 spiro atoms. The van der Waals surface area contributed by atoms with Gasteiger partial charge in [-0.3, -0.25) is 4.79 Å². The SMILES string of the molecule is CN(Cc1cc(Cl)ccc1F)C(=O)C1(C#N)CC1. The third kappa shape index (κ3) is 2.32. The fourth-order valence-corrected chi connectivity index (χ4v) is 2.05. The molecule has 1 aromatic rings. The van der Waals surface area contributed by atoms with Gasteiger partial charge in [0, 0.05) is 24.2 Å². The third-order valence-electron chi connectivity index (χ3n) is 3.14. The van der Waals surface area contributed by atoms with E-state index < -0.39 is 11.2 Å². The lowest BCUT2D eigenvalue weighted by Gasteiger charge is -2.20. The number of amides is 1. The Morgan fingerprint density at radius 2 is 2.28 bits per heavy atom. The monoisotopic (exact) mass is 266 g/mol. The second-order valence-corrected chi connectivity index (χ2v) is 5.03. The highest BCUT2D eigenvalue weighted by molar-refractivity contribution is 6.30. The Balaban J connectivity index is 2.12. The fourth-order valence-electron chi connectivity index (χ4n) is 1.86. The van der Waals surface area contributed by atoms with E-state index in [0.29, 0.717) is 23.4 Å². The lowest BCUT2D eigenvalue weighted by Crippen LogP contribution is -2.33. The maximum absolute atomic E-state index is 13.5. The maximum atomic E-state index is 13.5. The number of hydrogen-bond donors (Lipinski definition) is 0. The Morgan fingerprint density at radius 3 is 2.83 bits per heavy atom. The Bertz CT molecular complexity index is 534. The number of carbonyl (C=O) groups is 1. The molecule has 1 saturated carbocycles. The molecule has 0 aromatic heterocycles. The van der Waals surface area contributed by atoms with Crippen molar-refractivity contribution in [3.8, 4) is 6.07 Å². The molecule has 0 saturated heterocycles. The van der Waals surface area contributed by atoms with E-state index in [1.807, 2.05) is 6.07 Å². The van der Waals surface area contributed by atoms with Crippen LogP contribution < -0.4 is 0 Å². The van der Waals surface area contributed by atoms with Crippen molar-refractivity contribution < 1.29 is 9.18 Å². The number of halogens is 2. The first-order valence-corrected chi connectivity index (χ1v) is 5.97. The van der Waals surface area contributed by atoms with Gasteiger partial charge in [-0.2, -0.15) is 5.26 Å². The molecule has 0 radical (unpaired) electrons. The zero-order valence-electron chi connectivity index (χ0n) is 9.91. The van der Waals surface area contributed by atoms with E-state index in [1.165, 1.54) is 23.1 Å². The van der Waals surface area contributed by atoms with E-state index >= 15 is 0 Å². The highest BCUT2D eigenvalue weighted by Crippen LogP contribution is 2.46. The number of nitriles is 1. The molecule has 18 heavy (non-hydrogen) atoms. The van der Waals surface area contributed by atoms with Crippen LogP contribution in [0.15, 0.2) is 18.2 Å². The highest BCUT2D eigenvalue weighted by atomic mass is 35.5. The van der Waals surface area contributed by atoms with Gasteiger partial charge in [-0.25, -0.2) is 4.39 Å². The number of nitrogens with zero attached hydrogens (tertiary/aromatic N) is 2. The molecule has 1 aromatic carbocycles. The first-order chi connectivity index (χ1) is 8.48. The van der Waals surface area contributed by atoms with Crippen LogP contribution in [0.2, 0.25) is 5.02 Å². The molecule has 0 atom stereocenters. The minimum atomic E-state index is -0.871. The van der Waals surface area contributed by atoms with Crippen LogP contribution in [0.25, 0.3) is 0 Å². The molecule has 1 aliphatic rings. The summed E-state index contributed by atoms with van der Waals surface area (Å²) < 4.78 is 13.5. The van der Waals surface area contributed by atoms with Gasteiger partial charge < -0.3 is 4.90 Å². The molecule has 0 aliphatic heterocycles. The number of hydrogen-bond acceptors (Lipinski definition) is 2. The third-order valence-corrected chi connectivity index (χ3v) is 3.37. The van der Waals surface area contributed by atoms with Crippen molar-refractivity contribution in [3.05, 3.63) is 34.6 Å². The molecule has 0 unspecified atom stereocenters. The molecule has 0 heterocycles. The average Bonchev–Trinajstić information content (AvgIpc) is 3.14. The topological polar surface area (TPSA) is 44.1 Å². The number of benzene rings is 1. The first-order valence-electron chi connectivity index (χ1n) is 5.59. The van der Waals surface area contributed by atoms with Gasteiger partial charge in [0.15, 0.2) is 0 Å².